The normalized spacial score (nSPS) is 22.2. The summed E-state index contributed by atoms with van der Waals surface area (Å²) < 4.78 is 13.0. The van der Waals surface area contributed by atoms with Crippen LogP contribution in [-0.2, 0) is 0 Å². The van der Waals surface area contributed by atoms with Crippen molar-refractivity contribution >= 4 is 30.7 Å². The van der Waals surface area contributed by atoms with Crippen molar-refractivity contribution in [3.63, 3.8) is 0 Å². The average Bonchev–Trinajstić information content (AvgIpc) is 2.32. The molecule has 1 aliphatic heterocycles. The minimum Gasteiger partial charge on any atom is -0.338 e. The number of amides is 1. The number of hydrogen-bond donors (Lipinski definition) is 1. The Balaban J connectivity index is 0.00000162. The van der Waals surface area contributed by atoms with E-state index in [1.54, 1.807) is 4.90 Å². The van der Waals surface area contributed by atoms with Gasteiger partial charge in [0.2, 0.25) is 0 Å². The molecule has 0 aromatic carbocycles. The highest BCUT2D eigenvalue weighted by atomic mass is 35.5. The highest BCUT2D eigenvalue weighted by Gasteiger charge is 2.27. The lowest BCUT2D eigenvalue weighted by molar-refractivity contribution is 0.0663. The van der Waals surface area contributed by atoms with Crippen molar-refractivity contribution in [1.29, 1.82) is 0 Å². The molecule has 108 valence electrons. The lowest BCUT2D eigenvalue weighted by Crippen LogP contribution is -2.48. The van der Waals surface area contributed by atoms with Gasteiger partial charge in [-0.05, 0) is 18.4 Å². The Morgan fingerprint density at radius 1 is 1.47 bits per heavy atom. The van der Waals surface area contributed by atoms with Gasteiger partial charge in [0.1, 0.15) is 5.82 Å². The first kappa shape index (κ1) is 18.1. The smallest absolute Gasteiger partial charge is 0.255 e. The lowest BCUT2D eigenvalue weighted by atomic mass is 9.94. The number of pyridine rings is 1. The number of halogens is 3. The zero-order chi connectivity index (χ0) is 12.4. The number of nitrogens with two attached hydrogens (primary N) is 1. The molecule has 0 radical (unpaired) electrons. The summed E-state index contributed by atoms with van der Waals surface area (Å²) in [6.45, 7) is 3.27. The molecule has 4 nitrogen and oxygen atoms in total. The van der Waals surface area contributed by atoms with Crippen LogP contribution in [-0.4, -0.2) is 34.9 Å². The molecular formula is C12H18Cl2FN3O. The van der Waals surface area contributed by atoms with Crippen LogP contribution >= 0.6 is 24.8 Å². The summed E-state index contributed by atoms with van der Waals surface area (Å²) in [4.78, 5) is 17.5. The molecule has 1 aromatic rings. The van der Waals surface area contributed by atoms with E-state index in [1.165, 1.54) is 12.3 Å². The molecule has 1 aromatic heterocycles. The Kier molecular flexibility index (Phi) is 7.26. The maximum atomic E-state index is 13.0. The van der Waals surface area contributed by atoms with E-state index in [9.17, 15) is 9.18 Å². The zero-order valence-corrected chi connectivity index (χ0v) is 12.2. The SMILES string of the molecule is CC1CN(C(=O)c2cncc(F)c2)CCC1N.Cl.Cl. The van der Waals surface area contributed by atoms with Crippen LogP contribution in [0.2, 0.25) is 0 Å². The van der Waals surface area contributed by atoms with Crippen LogP contribution in [0.15, 0.2) is 18.5 Å². The second-order valence-electron chi connectivity index (χ2n) is 4.57. The molecule has 7 heteroatoms. The summed E-state index contributed by atoms with van der Waals surface area (Å²) in [6, 6.07) is 1.36. The molecule has 2 rings (SSSR count). The molecule has 1 amide bonds. The van der Waals surface area contributed by atoms with Gasteiger partial charge < -0.3 is 10.6 Å². The summed E-state index contributed by atoms with van der Waals surface area (Å²) >= 11 is 0. The maximum absolute atomic E-state index is 13.0. The first-order chi connectivity index (χ1) is 8.08. The van der Waals surface area contributed by atoms with E-state index < -0.39 is 5.82 Å². The quantitative estimate of drug-likeness (QED) is 0.861. The Labute approximate surface area is 124 Å². The monoisotopic (exact) mass is 309 g/mol. The molecule has 2 atom stereocenters. The van der Waals surface area contributed by atoms with E-state index in [1.807, 2.05) is 6.92 Å². The van der Waals surface area contributed by atoms with Crippen LogP contribution < -0.4 is 5.73 Å². The van der Waals surface area contributed by atoms with E-state index in [-0.39, 0.29) is 42.7 Å². The van der Waals surface area contributed by atoms with Crippen molar-refractivity contribution in [3.8, 4) is 0 Å². The van der Waals surface area contributed by atoms with Crippen molar-refractivity contribution in [1.82, 2.24) is 9.88 Å². The average molecular weight is 310 g/mol. The summed E-state index contributed by atoms with van der Waals surface area (Å²) in [5, 5.41) is 0. The third-order valence-electron chi connectivity index (χ3n) is 3.21. The molecule has 0 spiro atoms. The number of hydrogen-bond acceptors (Lipinski definition) is 3. The largest absolute Gasteiger partial charge is 0.338 e. The van der Waals surface area contributed by atoms with Gasteiger partial charge in [-0.25, -0.2) is 4.39 Å². The van der Waals surface area contributed by atoms with E-state index >= 15 is 0 Å². The molecule has 0 saturated carbocycles. The van der Waals surface area contributed by atoms with Gasteiger partial charge in [-0.1, -0.05) is 6.92 Å². The van der Waals surface area contributed by atoms with Gasteiger partial charge in [0.15, 0.2) is 0 Å². The van der Waals surface area contributed by atoms with E-state index in [0.717, 1.165) is 12.6 Å². The number of piperidine rings is 1. The third kappa shape index (κ3) is 4.30. The van der Waals surface area contributed by atoms with Crippen LogP contribution in [0.5, 0.6) is 0 Å². The Morgan fingerprint density at radius 2 is 2.16 bits per heavy atom. The molecule has 2 unspecified atom stereocenters. The van der Waals surface area contributed by atoms with Crippen LogP contribution in [0, 0.1) is 11.7 Å². The van der Waals surface area contributed by atoms with E-state index in [0.29, 0.717) is 18.7 Å². The van der Waals surface area contributed by atoms with Gasteiger partial charge in [-0.15, -0.1) is 24.8 Å². The van der Waals surface area contributed by atoms with Gasteiger partial charge in [0.05, 0.1) is 11.8 Å². The number of carbonyl (C=O) groups excluding carboxylic acids is 1. The summed E-state index contributed by atoms with van der Waals surface area (Å²) in [6.07, 6.45) is 3.27. The number of rotatable bonds is 1. The fraction of sp³-hybridized carbons (Fsp3) is 0.500. The number of aromatic nitrogens is 1. The highest BCUT2D eigenvalue weighted by Crippen LogP contribution is 2.17. The van der Waals surface area contributed by atoms with Crippen molar-refractivity contribution < 1.29 is 9.18 Å². The second-order valence-corrected chi connectivity index (χ2v) is 4.57. The van der Waals surface area contributed by atoms with Crippen molar-refractivity contribution in [2.45, 2.75) is 19.4 Å². The van der Waals surface area contributed by atoms with Crippen molar-refractivity contribution in [2.24, 2.45) is 11.7 Å². The second kappa shape index (κ2) is 7.62. The summed E-state index contributed by atoms with van der Waals surface area (Å²) in [5.41, 5.74) is 6.19. The topological polar surface area (TPSA) is 59.2 Å². The van der Waals surface area contributed by atoms with Gasteiger partial charge >= 0.3 is 0 Å². The molecule has 1 aliphatic rings. The fourth-order valence-electron chi connectivity index (χ4n) is 2.06. The molecule has 19 heavy (non-hydrogen) atoms. The Bertz CT molecular complexity index is 433. The van der Waals surface area contributed by atoms with E-state index in [4.69, 9.17) is 5.73 Å². The molecule has 2 heterocycles. The summed E-state index contributed by atoms with van der Waals surface area (Å²) in [5.74, 6) is -0.387. The van der Waals surface area contributed by atoms with E-state index in [2.05, 4.69) is 4.98 Å². The van der Waals surface area contributed by atoms with Gasteiger partial charge in [-0.3, -0.25) is 9.78 Å². The van der Waals surface area contributed by atoms with Crippen molar-refractivity contribution in [2.75, 3.05) is 13.1 Å². The maximum Gasteiger partial charge on any atom is 0.255 e. The lowest BCUT2D eigenvalue weighted by Gasteiger charge is -2.35. The molecular weight excluding hydrogens is 292 g/mol. The fourth-order valence-corrected chi connectivity index (χ4v) is 2.06. The predicted octanol–water partition coefficient (Wildman–Crippen LogP) is 1.87. The first-order valence-electron chi connectivity index (χ1n) is 5.73. The Morgan fingerprint density at radius 3 is 2.74 bits per heavy atom. The number of likely N-dealkylation sites (tertiary alicyclic amines) is 1. The highest BCUT2D eigenvalue weighted by molar-refractivity contribution is 5.94. The van der Waals surface area contributed by atoms with Crippen molar-refractivity contribution in [3.05, 3.63) is 29.8 Å². The summed E-state index contributed by atoms with van der Waals surface area (Å²) in [7, 11) is 0. The standard InChI is InChI=1S/C12H16FN3O.2ClH/c1-8-7-16(3-2-11(8)14)12(17)9-4-10(13)6-15-5-9;;/h4-6,8,11H,2-3,7,14H2,1H3;2*1H. The van der Waals surface area contributed by atoms with Crippen LogP contribution in [0.3, 0.4) is 0 Å². The third-order valence-corrected chi connectivity index (χ3v) is 3.21. The molecule has 0 bridgehead atoms. The van der Waals surface area contributed by atoms with Gasteiger partial charge in [0, 0.05) is 25.3 Å². The number of nitrogens with zero attached hydrogens (tertiary/aromatic N) is 2. The molecule has 2 N–H and O–H groups in total. The van der Waals surface area contributed by atoms with Crippen LogP contribution in [0.25, 0.3) is 0 Å². The van der Waals surface area contributed by atoms with Crippen LogP contribution in [0.1, 0.15) is 23.7 Å². The van der Waals surface area contributed by atoms with Gasteiger partial charge in [-0.2, -0.15) is 0 Å². The minimum atomic E-state index is -0.488. The molecule has 1 fully saturated rings. The molecule has 1 saturated heterocycles. The zero-order valence-electron chi connectivity index (χ0n) is 10.6. The minimum absolute atomic E-state index is 0. The van der Waals surface area contributed by atoms with Crippen LogP contribution in [0.4, 0.5) is 4.39 Å². The molecule has 0 aliphatic carbocycles. The predicted molar refractivity (Wildman–Crippen MR) is 76.4 cm³/mol. The Hall–Kier alpha value is -0.910. The van der Waals surface area contributed by atoms with Gasteiger partial charge in [0.25, 0.3) is 5.91 Å². The first-order valence-corrected chi connectivity index (χ1v) is 5.73. The number of carbonyl (C=O) groups is 1.